The highest BCUT2D eigenvalue weighted by atomic mass is 35.5. The monoisotopic (exact) mass is 386 g/mol. The van der Waals surface area contributed by atoms with Crippen LogP contribution in [0.2, 0.25) is 5.02 Å². The summed E-state index contributed by atoms with van der Waals surface area (Å²) in [7, 11) is 0. The maximum absolute atomic E-state index is 6.37. The van der Waals surface area contributed by atoms with E-state index in [1.165, 1.54) is 6.42 Å². The van der Waals surface area contributed by atoms with Crippen LogP contribution in [-0.4, -0.2) is 26.5 Å². The van der Waals surface area contributed by atoms with Gasteiger partial charge in [0.2, 0.25) is 5.95 Å². The van der Waals surface area contributed by atoms with E-state index in [0.717, 1.165) is 45.6 Å². The van der Waals surface area contributed by atoms with E-state index in [4.69, 9.17) is 17.3 Å². The van der Waals surface area contributed by atoms with Gasteiger partial charge in [-0.3, -0.25) is 4.98 Å². The molecule has 6 nitrogen and oxygen atoms in total. The SMILES string of the molecule is NCc1cnc(-c2cnc(NCC3(c4ncccc4Cl)CCC3)nc2)s1. The molecule has 1 fully saturated rings. The Bertz CT molecular complexity index is 891. The molecule has 3 aromatic heterocycles. The van der Waals surface area contributed by atoms with Crippen LogP contribution in [0.15, 0.2) is 36.9 Å². The molecule has 1 aliphatic carbocycles. The molecule has 0 saturated heterocycles. The van der Waals surface area contributed by atoms with Crippen molar-refractivity contribution in [1.29, 1.82) is 0 Å². The van der Waals surface area contributed by atoms with Gasteiger partial charge in [-0.15, -0.1) is 11.3 Å². The molecular weight excluding hydrogens is 368 g/mol. The van der Waals surface area contributed by atoms with Crippen molar-refractivity contribution in [3.8, 4) is 10.6 Å². The van der Waals surface area contributed by atoms with E-state index in [2.05, 4.69) is 25.3 Å². The van der Waals surface area contributed by atoms with E-state index < -0.39 is 0 Å². The first-order valence-corrected chi connectivity index (χ1v) is 9.72. The number of hydrogen-bond donors (Lipinski definition) is 2. The Hall–Kier alpha value is -2.09. The van der Waals surface area contributed by atoms with Crippen molar-refractivity contribution in [3.63, 3.8) is 0 Å². The molecule has 0 atom stereocenters. The summed E-state index contributed by atoms with van der Waals surface area (Å²) in [6.07, 6.45) is 10.5. The average Bonchev–Trinajstić information content (AvgIpc) is 3.12. The molecule has 0 amide bonds. The molecule has 0 bridgehead atoms. The van der Waals surface area contributed by atoms with E-state index in [-0.39, 0.29) is 5.41 Å². The molecule has 3 aromatic rings. The van der Waals surface area contributed by atoms with Crippen LogP contribution >= 0.6 is 22.9 Å². The summed E-state index contributed by atoms with van der Waals surface area (Å²) in [6.45, 7) is 1.22. The first-order chi connectivity index (χ1) is 12.7. The van der Waals surface area contributed by atoms with Crippen molar-refractivity contribution in [2.45, 2.75) is 31.2 Å². The predicted molar refractivity (Wildman–Crippen MR) is 104 cm³/mol. The molecule has 3 heterocycles. The van der Waals surface area contributed by atoms with Crippen LogP contribution in [-0.2, 0) is 12.0 Å². The molecule has 0 spiro atoms. The second-order valence-corrected chi connectivity index (χ2v) is 7.97. The molecule has 134 valence electrons. The number of nitrogens with one attached hydrogen (secondary N) is 1. The quantitative estimate of drug-likeness (QED) is 0.672. The highest BCUT2D eigenvalue weighted by molar-refractivity contribution is 7.15. The largest absolute Gasteiger partial charge is 0.353 e. The number of rotatable bonds is 6. The fourth-order valence-electron chi connectivity index (χ4n) is 3.19. The summed E-state index contributed by atoms with van der Waals surface area (Å²) in [5.74, 6) is 0.600. The third-order valence-electron chi connectivity index (χ3n) is 4.81. The summed E-state index contributed by atoms with van der Waals surface area (Å²) >= 11 is 7.93. The number of hydrogen-bond acceptors (Lipinski definition) is 7. The number of anilines is 1. The maximum atomic E-state index is 6.37. The Kier molecular flexibility index (Phi) is 4.84. The zero-order valence-electron chi connectivity index (χ0n) is 14.2. The average molecular weight is 387 g/mol. The molecule has 1 aliphatic rings. The van der Waals surface area contributed by atoms with Gasteiger partial charge in [0.15, 0.2) is 0 Å². The topological polar surface area (TPSA) is 89.6 Å². The van der Waals surface area contributed by atoms with Gasteiger partial charge in [-0.05, 0) is 25.0 Å². The van der Waals surface area contributed by atoms with Crippen LogP contribution in [0.1, 0.15) is 29.8 Å². The number of nitrogens with zero attached hydrogens (tertiary/aromatic N) is 4. The molecular formula is C18H19ClN6S. The number of nitrogens with two attached hydrogens (primary N) is 1. The Morgan fingerprint density at radius 2 is 1.96 bits per heavy atom. The summed E-state index contributed by atoms with van der Waals surface area (Å²) < 4.78 is 0. The molecule has 0 aliphatic heterocycles. The minimum atomic E-state index is -0.0360. The first kappa shape index (κ1) is 17.3. The Balaban J connectivity index is 1.47. The normalized spacial score (nSPS) is 15.5. The minimum Gasteiger partial charge on any atom is -0.353 e. The van der Waals surface area contributed by atoms with Crippen LogP contribution in [0.3, 0.4) is 0 Å². The van der Waals surface area contributed by atoms with Crippen molar-refractivity contribution in [3.05, 3.63) is 52.5 Å². The smallest absolute Gasteiger partial charge is 0.222 e. The van der Waals surface area contributed by atoms with Gasteiger partial charge in [0, 0.05) is 53.7 Å². The summed E-state index contributed by atoms with van der Waals surface area (Å²) in [6, 6.07) is 3.76. The van der Waals surface area contributed by atoms with Gasteiger partial charge < -0.3 is 11.1 Å². The van der Waals surface area contributed by atoms with Gasteiger partial charge in [0.05, 0.1) is 10.7 Å². The van der Waals surface area contributed by atoms with Gasteiger partial charge in [0.25, 0.3) is 0 Å². The van der Waals surface area contributed by atoms with Crippen LogP contribution in [0.4, 0.5) is 5.95 Å². The molecule has 4 rings (SSSR count). The van der Waals surface area contributed by atoms with Gasteiger partial charge in [-0.1, -0.05) is 18.0 Å². The van der Waals surface area contributed by atoms with Crippen LogP contribution in [0.5, 0.6) is 0 Å². The highest BCUT2D eigenvalue weighted by Gasteiger charge is 2.41. The van der Waals surface area contributed by atoms with E-state index in [1.807, 2.05) is 12.1 Å². The van der Waals surface area contributed by atoms with Crippen LogP contribution < -0.4 is 11.1 Å². The van der Waals surface area contributed by atoms with Crippen molar-refractivity contribution >= 4 is 28.9 Å². The molecule has 0 unspecified atom stereocenters. The Morgan fingerprint density at radius 3 is 2.58 bits per heavy atom. The zero-order chi connectivity index (χ0) is 18.0. The third-order valence-corrected chi connectivity index (χ3v) is 6.18. The second kappa shape index (κ2) is 7.26. The standard InChI is InChI=1S/C18H19ClN6S/c19-14-3-1-6-21-15(14)18(4-2-5-18)11-25-17-23-8-12(9-24-17)16-22-10-13(7-20)26-16/h1,3,6,8-10H,2,4-5,7,11,20H2,(H,23,24,25). The Labute approximate surface area is 160 Å². The van der Waals surface area contributed by atoms with Crippen molar-refractivity contribution in [1.82, 2.24) is 19.9 Å². The zero-order valence-corrected chi connectivity index (χ0v) is 15.7. The van der Waals surface area contributed by atoms with Gasteiger partial charge in [0.1, 0.15) is 5.01 Å². The molecule has 1 saturated carbocycles. The van der Waals surface area contributed by atoms with Crippen LogP contribution in [0, 0.1) is 0 Å². The lowest BCUT2D eigenvalue weighted by Gasteiger charge is -2.41. The van der Waals surface area contributed by atoms with Crippen molar-refractivity contribution in [2.24, 2.45) is 5.73 Å². The Morgan fingerprint density at radius 1 is 1.15 bits per heavy atom. The van der Waals surface area contributed by atoms with Gasteiger partial charge in [-0.25, -0.2) is 15.0 Å². The fraction of sp³-hybridized carbons (Fsp3) is 0.333. The predicted octanol–water partition coefficient (Wildman–Crippen LogP) is 3.64. The summed E-state index contributed by atoms with van der Waals surface area (Å²) in [5, 5.41) is 4.96. The minimum absolute atomic E-state index is 0.0360. The molecule has 26 heavy (non-hydrogen) atoms. The second-order valence-electron chi connectivity index (χ2n) is 6.45. The lowest BCUT2D eigenvalue weighted by atomic mass is 9.66. The molecule has 0 radical (unpaired) electrons. The fourth-order valence-corrected chi connectivity index (χ4v) is 4.28. The van der Waals surface area contributed by atoms with E-state index in [0.29, 0.717) is 12.5 Å². The molecule has 3 N–H and O–H groups in total. The lowest BCUT2D eigenvalue weighted by Crippen LogP contribution is -2.42. The van der Waals surface area contributed by atoms with E-state index in [1.54, 1.807) is 36.1 Å². The number of pyridine rings is 1. The molecule has 0 aromatic carbocycles. The lowest BCUT2D eigenvalue weighted by molar-refractivity contribution is 0.253. The van der Waals surface area contributed by atoms with Crippen molar-refractivity contribution in [2.75, 3.05) is 11.9 Å². The number of halogens is 1. The third kappa shape index (κ3) is 3.30. The van der Waals surface area contributed by atoms with E-state index >= 15 is 0 Å². The summed E-state index contributed by atoms with van der Waals surface area (Å²) in [4.78, 5) is 18.8. The van der Waals surface area contributed by atoms with Crippen LogP contribution in [0.25, 0.3) is 10.6 Å². The van der Waals surface area contributed by atoms with Gasteiger partial charge >= 0.3 is 0 Å². The van der Waals surface area contributed by atoms with E-state index in [9.17, 15) is 0 Å². The maximum Gasteiger partial charge on any atom is 0.222 e. The van der Waals surface area contributed by atoms with Gasteiger partial charge in [-0.2, -0.15) is 0 Å². The van der Waals surface area contributed by atoms with Crippen molar-refractivity contribution < 1.29 is 0 Å². The number of aromatic nitrogens is 4. The molecule has 8 heteroatoms. The first-order valence-electron chi connectivity index (χ1n) is 8.52. The highest BCUT2D eigenvalue weighted by Crippen LogP contribution is 2.45. The number of thiazole rings is 1. The summed E-state index contributed by atoms with van der Waals surface area (Å²) in [5.41, 5.74) is 7.46.